The lowest BCUT2D eigenvalue weighted by Crippen LogP contribution is -2.46. The average Bonchev–Trinajstić information content (AvgIpc) is 3.21. The van der Waals surface area contributed by atoms with Gasteiger partial charge in [-0.2, -0.15) is 5.10 Å². The molecule has 30 heavy (non-hydrogen) atoms. The summed E-state index contributed by atoms with van der Waals surface area (Å²) in [4.78, 5) is 4.34. The van der Waals surface area contributed by atoms with Gasteiger partial charge in [-0.3, -0.25) is 5.01 Å². The number of rotatable bonds is 3. The first-order valence-electron chi connectivity index (χ1n) is 9.50. The van der Waals surface area contributed by atoms with Gasteiger partial charge in [-0.25, -0.2) is 9.37 Å². The van der Waals surface area contributed by atoms with Gasteiger partial charge < -0.3 is 14.8 Å². The minimum absolute atomic E-state index is 0.209. The average molecular weight is 425 g/mol. The van der Waals surface area contributed by atoms with Crippen molar-refractivity contribution >= 4 is 23.5 Å². The molecule has 0 fully saturated rings. The maximum Gasteiger partial charge on any atom is 0.161 e. The summed E-state index contributed by atoms with van der Waals surface area (Å²) in [6, 6.07) is 13.5. The van der Waals surface area contributed by atoms with Crippen molar-refractivity contribution in [2.24, 2.45) is 5.10 Å². The van der Waals surface area contributed by atoms with Crippen molar-refractivity contribution in [2.75, 3.05) is 0 Å². The monoisotopic (exact) mass is 424 g/mol. The van der Waals surface area contributed by atoms with Crippen molar-refractivity contribution in [2.45, 2.75) is 24.6 Å². The van der Waals surface area contributed by atoms with Gasteiger partial charge in [-0.05, 0) is 29.3 Å². The summed E-state index contributed by atoms with van der Waals surface area (Å²) >= 11 is 6.57. The predicted molar refractivity (Wildman–Crippen MR) is 112 cm³/mol. The minimum Gasteiger partial charge on any atom is -0.507 e. The van der Waals surface area contributed by atoms with Crippen LogP contribution in [0.2, 0.25) is 5.02 Å². The van der Waals surface area contributed by atoms with Crippen LogP contribution in [-0.4, -0.2) is 43.1 Å². The molecule has 0 aliphatic carbocycles. The van der Waals surface area contributed by atoms with Crippen LogP contribution in [0.5, 0.6) is 0 Å². The summed E-state index contributed by atoms with van der Waals surface area (Å²) in [7, 11) is 0. The number of aliphatic hydroxyl groups is 2. The Bertz CT molecular complexity index is 1160. The molecule has 3 atom stereocenters. The van der Waals surface area contributed by atoms with Gasteiger partial charge in [0.1, 0.15) is 17.6 Å². The van der Waals surface area contributed by atoms with E-state index in [4.69, 9.17) is 11.6 Å². The Morgan fingerprint density at radius 1 is 1.13 bits per heavy atom. The highest BCUT2D eigenvalue weighted by molar-refractivity contribution is 6.31. The van der Waals surface area contributed by atoms with E-state index in [-0.39, 0.29) is 23.5 Å². The molecule has 2 N–H and O–H groups in total. The Hall–Kier alpha value is -3.16. The van der Waals surface area contributed by atoms with Crippen LogP contribution in [0.25, 0.3) is 5.70 Å². The van der Waals surface area contributed by atoms with E-state index in [1.54, 1.807) is 23.3 Å². The maximum absolute atomic E-state index is 13.7. The summed E-state index contributed by atoms with van der Waals surface area (Å²) in [6.07, 6.45) is 3.55. The molecular formula is C22H18ClFN4O2. The second-order valence-corrected chi connectivity index (χ2v) is 7.72. The summed E-state index contributed by atoms with van der Waals surface area (Å²) in [5, 5.41) is 27.5. The van der Waals surface area contributed by atoms with Crippen molar-refractivity contribution in [3.8, 4) is 0 Å². The van der Waals surface area contributed by atoms with Gasteiger partial charge in [0.2, 0.25) is 0 Å². The van der Waals surface area contributed by atoms with E-state index >= 15 is 0 Å². The lowest BCUT2D eigenvalue weighted by molar-refractivity contribution is 0.169. The SMILES string of the molecule is OC1=C2c3nccn3C[C@H]([C@@H](c3ccc(F)cc3)c3ccccc3Cl)N2N=CC1O. The van der Waals surface area contributed by atoms with Gasteiger partial charge in [-0.15, -0.1) is 0 Å². The largest absolute Gasteiger partial charge is 0.507 e. The number of imidazole rings is 1. The molecule has 1 unspecified atom stereocenters. The predicted octanol–water partition coefficient (Wildman–Crippen LogP) is 3.78. The summed E-state index contributed by atoms with van der Waals surface area (Å²) in [5.74, 6) is -0.296. The first-order valence-corrected chi connectivity index (χ1v) is 9.88. The zero-order chi connectivity index (χ0) is 20.8. The number of aliphatic hydroxyl groups excluding tert-OH is 2. The van der Waals surface area contributed by atoms with E-state index in [1.807, 2.05) is 35.0 Å². The number of aromatic nitrogens is 2. The number of hydrogen-bond donors (Lipinski definition) is 2. The van der Waals surface area contributed by atoms with Crippen LogP contribution >= 0.6 is 11.6 Å². The molecule has 8 heteroatoms. The van der Waals surface area contributed by atoms with E-state index in [9.17, 15) is 14.6 Å². The molecule has 1 aromatic heterocycles. The Labute approximate surface area is 177 Å². The molecule has 0 amide bonds. The number of hydrazone groups is 1. The van der Waals surface area contributed by atoms with Crippen LogP contribution in [0.4, 0.5) is 4.39 Å². The third kappa shape index (κ3) is 2.98. The Morgan fingerprint density at radius 3 is 2.67 bits per heavy atom. The standard InChI is InChI=1S/C22H18ClFN4O2/c23-16-4-2-1-3-15(16)19(13-5-7-14(24)8-6-13)17-12-27-10-9-25-22(27)20-21(30)18(29)11-26-28(17)20/h1-11,17-19,29-30H,12H2/t17-,18?,19+/m1/s1. The first kappa shape index (κ1) is 18.8. The van der Waals surface area contributed by atoms with Crippen molar-refractivity contribution in [1.82, 2.24) is 14.6 Å². The van der Waals surface area contributed by atoms with Crippen molar-refractivity contribution in [3.05, 3.63) is 94.5 Å². The van der Waals surface area contributed by atoms with Gasteiger partial charge in [0.15, 0.2) is 11.6 Å². The first-order chi connectivity index (χ1) is 14.5. The molecule has 2 aliphatic rings. The van der Waals surface area contributed by atoms with E-state index in [2.05, 4.69) is 10.1 Å². The maximum atomic E-state index is 13.7. The third-order valence-electron chi connectivity index (χ3n) is 5.56. The highest BCUT2D eigenvalue weighted by atomic mass is 35.5. The topological polar surface area (TPSA) is 73.9 Å². The molecule has 2 aromatic carbocycles. The highest BCUT2D eigenvalue weighted by Crippen LogP contribution is 2.42. The zero-order valence-corrected chi connectivity index (χ0v) is 16.5. The highest BCUT2D eigenvalue weighted by Gasteiger charge is 2.41. The minimum atomic E-state index is -1.20. The second-order valence-electron chi connectivity index (χ2n) is 7.31. The third-order valence-corrected chi connectivity index (χ3v) is 5.91. The molecule has 152 valence electrons. The molecule has 0 bridgehead atoms. The van der Waals surface area contributed by atoms with Crippen molar-refractivity contribution in [3.63, 3.8) is 0 Å². The Balaban J connectivity index is 1.71. The van der Waals surface area contributed by atoms with Gasteiger partial charge in [0.25, 0.3) is 0 Å². The van der Waals surface area contributed by atoms with Crippen molar-refractivity contribution < 1.29 is 14.6 Å². The second kappa shape index (κ2) is 7.27. The summed E-state index contributed by atoms with van der Waals surface area (Å²) in [6.45, 7) is 0.507. The lowest BCUT2D eigenvalue weighted by atomic mass is 9.83. The molecule has 3 aromatic rings. The summed E-state index contributed by atoms with van der Waals surface area (Å²) in [5.41, 5.74) is 2.07. The van der Waals surface area contributed by atoms with Crippen LogP contribution in [-0.2, 0) is 6.54 Å². The molecule has 2 aliphatic heterocycles. The fourth-order valence-corrected chi connectivity index (χ4v) is 4.45. The van der Waals surface area contributed by atoms with E-state index < -0.39 is 6.10 Å². The Kier molecular flexibility index (Phi) is 4.56. The van der Waals surface area contributed by atoms with Gasteiger partial charge in [0.05, 0.1) is 12.3 Å². The smallest absolute Gasteiger partial charge is 0.161 e. The van der Waals surface area contributed by atoms with Crippen LogP contribution < -0.4 is 0 Å². The lowest BCUT2D eigenvalue weighted by Gasteiger charge is -2.42. The number of benzene rings is 2. The fourth-order valence-electron chi connectivity index (χ4n) is 4.19. The molecule has 0 saturated carbocycles. The number of fused-ring (bicyclic) bond motifs is 3. The molecule has 5 rings (SSSR count). The molecule has 0 saturated heterocycles. The fraction of sp³-hybridized carbons (Fsp3) is 0.182. The van der Waals surface area contributed by atoms with Gasteiger partial charge >= 0.3 is 0 Å². The van der Waals surface area contributed by atoms with Gasteiger partial charge in [0, 0.05) is 29.9 Å². The quantitative estimate of drug-likeness (QED) is 0.671. The van der Waals surface area contributed by atoms with Crippen molar-refractivity contribution in [1.29, 1.82) is 0 Å². The van der Waals surface area contributed by atoms with Gasteiger partial charge in [-0.1, -0.05) is 41.9 Å². The number of nitrogens with zero attached hydrogens (tertiary/aromatic N) is 4. The molecule has 0 radical (unpaired) electrons. The van der Waals surface area contributed by atoms with E-state index in [1.165, 1.54) is 18.3 Å². The number of halogens is 2. The zero-order valence-electron chi connectivity index (χ0n) is 15.7. The summed E-state index contributed by atoms with van der Waals surface area (Å²) < 4.78 is 15.6. The van der Waals surface area contributed by atoms with Crippen LogP contribution in [0.3, 0.4) is 0 Å². The van der Waals surface area contributed by atoms with Crippen LogP contribution in [0.1, 0.15) is 22.9 Å². The normalized spacial score (nSPS) is 21.4. The molecule has 3 heterocycles. The number of hydrogen-bond acceptors (Lipinski definition) is 5. The molecule has 6 nitrogen and oxygen atoms in total. The molecular weight excluding hydrogens is 407 g/mol. The molecule has 0 spiro atoms. The van der Waals surface area contributed by atoms with E-state index in [0.717, 1.165) is 11.1 Å². The van der Waals surface area contributed by atoms with Crippen LogP contribution in [0, 0.1) is 5.82 Å². The van der Waals surface area contributed by atoms with Crippen LogP contribution in [0.15, 0.2) is 71.8 Å². The van der Waals surface area contributed by atoms with E-state index in [0.29, 0.717) is 23.1 Å². The Morgan fingerprint density at radius 2 is 1.90 bits per heavy atom.